The molecule has 0 aliphatic heterocycles. The Hall–Kier alpha value is -1.26. The zero-order valence-corrected chi connectivity index (χ0v) is 13.1. The van der Waals surface area contributed by atoms with Gasteiger partial charge >= 0.3 is 0 Å². The van der Waals surface area contributed by atoms with Gasteiger partial charge in [-0.2, -0.15) is 5.10 Å². The summed E-state index contributed by atoms with van der Waals surface area (Å²) < 4.78 is 2.00. The van der Waals surface area contributed by atoms with Gasteiger partial charge in [0.1, 0.15) is 5.03 Å². The lowest BCUT2D eigenvalue weighted by molar-refractivity contribution is 0.658. The van der Waals surface area contributed by atoms with Gasteiger partial charge in [-0.15, -0.1) is 0 Å². The van der Waals surface area contributed by atoms with Gasteiger partial charge in [0, 0.05) is 30.1 Å². The second-order valence-corrected chi connectivity index (χ2v) is 6.63. The van der Waals surface area contributed by atoms with Gasteiger partial charge in [0.25, 0.3) is 0 Å². The van der Waals surface area contributed by atoms with Crippen LogP contribution in [0, 0.1) is 13.8 Å². The Morgan fingerprint density at radius 1 is 1.25 bits per heavy atom. The highest BCUT2D eigenvalue weighted by atomic mass is 32.2. The molecule has 3 nitrogen and oxygen atoms in total. The summed E-state index contributed by atoms with van der Waals surface area (Å²) in [4.78, 5) is 1.27. The molecule has 1 aromatic carbocycles. The Morgan fingerprint density at radius 3 is 2.60 bits per heavy atom. The number of nitrogens with one attached hydrogen (secondary N) is 1. The topological polar surface area (TPSA) is 29.9 Å². The van der Waals surface area contributed by atoms with Crippen LogP contribution in [0.25, 0.3) is 0 Å². The van der Waals surface area contributed by atoms with Crippen molar-refractivity contribution < 1.29 is 0 Å². The lowest BCUT2D eigenvalue weighted by Gasteiger charge is -2.07. The number of benzene rings is 1. The van der Waals surface area contributed by atoms with E-state index in [2.05, 4.69) is 48.5 Å². The molecule has 0 saturated heterocycles. The molecule has 1 heterocycles. The smallest absolute Gasteiger partial charge is 0.103 e. The molecule has 0 spiro atoms. The van der Waals surface area contributed by atoms with Crippen molar-refractivity contribution in [1.29, 1.82) is 0 Å². The molecule has 106 valence electrons. The van der Waals surface area contributed by atoms with Crippen molar-refractivity contribution in [3.63, 3.8) is 0 Å². The van der Waals surface area contributed by atoms with Crippen LogP contribution in [0.5, 0.6) is 0 Å². The molecule has 3 rings (SSSR count). The number of rotatable bonds is 5. The molecule has 0 bridgehead atoms. The molecule has 4 heteroatoms. The summed E-state index contributed by atoms with van der Waals surface area (Å²) >= 11 is 1.80. The predicted octanol–water partition coefficient (Wildman–Crippen LogP) is 3.44. The normalized spacial score (nSPS) is 14.8. The van der Waals surface area contributed by atoms with Crippen molar-refractivity contribution in [2.45, 2.75) is 49.2 Å². The summed E-state index contributed by atoms with van der Waals surface area (Å²) in [5, 5.41) is 9.42. The maximum atomic E-state index is 4.58. The molecule has 1 aliphatic carbocycles. The fraction of sp³-hybridized carbons (Fsp3) is 0.438. The Bertz CT molecular complexity index is 597. The van der Waals surface area contributed by atoms with Crippen molar-refractivity contribution in [2.24, 2.45) is 7.05 Å². The third-order valence-corrected chi connectivity index (χ3v) is 4.88. The first-order valence-electron chi connectivity index (χ1n) is 7.14. The zero-order valence-electron chi connectivity index (χ0n) is 12.3. The highest BCUT2D eigenvalue weighted by Crippen LogP contribution is 2.32. The summed E-state index contributed by atoms with van der Waals surface area (Å²) in [7, 11) is 2.03. The average Bonchev–Trinajstić information content (AvgIpc) is 3.19. The highest BCUT2D eigenvalue weighted by Gasteiger charge is 2.22. The van der Waals surface area contributed by atoms with Gasteiger partial charge in [0.15, 0.2) is 0 Å². The first kappa shape index (κ1) is 13.7. The Kier molecular flexibility index (Phi) is 3.85. The van der Waals surface area contributed by atoms with E-state index in [1.165, 1.54) is 33.9 Å². The van der Waals surface area contributed by atoms with Gasteiger partial charge in [-0.25, -0.2) is 0 Å². The van der Waals surface area contributed by atoms with Crippen LogP contribution in [0.3, 0.4) is 0 Å². The molecule has 1 aromatic heterocycles. The van der Waals surface area contributed by atoms with Gasteiger partial charge in [-0.05, 0) is 38.8 Å². The summed E-state index contributed by atoms with van der Waals surface area (Å²) in [6.45, 7) is 5.15. The van der Waals surface area contributed by atoms with Crippen LogP contribution in [0.2, 0.25) is 0 Å². The van der Waals surface area contributed by atoms with Gasteiger partial charge in [0.05, 0.1) is 5.69 Å². The Balaban J connectivity index is 1.81. The molecule has 1 aliphatic rings. The van der Waals surface area contributed by atoms with E-state index >= 15 is 0 Å². The third kappa shape index (κ3) is 3.07. The Labute approximate surface area is 124 Å². The zero-order chi connectivity index (χ0) is 14.1. The van der Waals surface area contributed by atoms with Gasteiger partial charge in [-0.1, -0.05) is 29.5 Å². The standard InChI is InChI=1S/C16H21N3S/c1-11-4-8-14(9-5-11)20-16-15(10-17-13-6-7-13)12(2)18-19(16)3/h4-5,8-9,13,17H,6-7,10H2,1-3H3. The summed E-state index contributed by atoms with van der Waals surface area (Å²) in [5.41, 5.74) is 3.77. The van der Waals surface area contributed by atoms with E-state index in [4.69, 9.17) is 0 Å². The first-order valence-corrected chi connectivity index (χ1v) is 7.95. The second kappa shape index (κ2) is 5.62. The fourth-order valence-corrected chi connectivity index (χ4v) is 3.28. The minimum Gasteiger partial charge on any atom is -0.310 e. The van der Waals surface area contributed by atoms with Crippen LogP contribution in [-0.4, -0.2) is 15.8 Å². The molecule has 1 fully saturated rings. The van der Waals surface area contributed by atoms with Gasteiger partial charge < -0.3 is 5.32 Å². The lowest BCUT2D eigenvalue weighted by atomic mass is 10.2. The number of hydrogen-bond donors (Lipinski definition) is 1. The van der Waals surface area contributed by atoms with E-state index < -0.39 is 0 Å². The first-order chi connectivity index (χ1) is 9.63. The molecule has 0 unspecified atom stereocenters. The fourth-order valence-electron chi connectivity index (χ4n) is 2.26. The van der Waals surface area contributed by atoms with Crippen LogP contribution >= 0.6 is 11.8 Å². The highest BCUT2D eigenvalue weighted by molar-refractivity contribution is 7.99. The van der Waals surface area contributed by atoms with E-state index in [9.17, 15) is 0 Å². The number of aromatic nitrogens is 2. The summed E-state index contributed by atoms with van der Waals surface area (Å²) in [5.74, 6) is 0. The molecule has 1 N–H and O–H groups in total. The van der Waals surface area contributed by atoms with Gasteiger partial charge in [0.2, 0.25) is 0 Å². The molecule has 2 aromatic rings. The van der Waals surface area contributed by atoms with Crippen LogP contribution in [0.15, 0.2) is 34.2 Å². The third-order valence-electron chi connectivity index (χ3n) is 3.67. The number of hydrogen-bond acceptors (Lipinski definition) is 3. The maximum absolute atomic E-state index is 4.58. The van der Waals surface area contributed by atoms with Crippen molar-refractivity contribution in [2.75, 3.05) is 0 Å². The van der Waals surface area contributed by atoms with E-state index in [-0.39, 0.29) is 0 Å². The van der Waals surface area contributed by atoms with Crippen LogP contribution in [0.1, 0.15) is 29.7 Å². The van der Waals surface area contributed by atoms with Crippen molar-refractivity contribution in [3.05, 3.63) is 41.1 Å². The number of nitrogens with zero attached hydrogens (tertiary/aromatic N) is 2. The molecule has 1 saturated carbocycles. The number of aryl methyl sites for hydroxylation is 3. The minimum atomic E-state index is 0.729. The van der Waals surface area contributed by atoms with Crippen molar-refractivity contribution in [3.8, 4) is 0 Å². The molecule has 20 heavy (non-hydrogen) atoms. The summed E-state index contributed by atoms with van der Waals surface area (Å²) in [6, 6.07) is 9.41. The van der Waals surface area contributed by atoms with Crippen molar-refractivity contribution in [1.82, 2.24) is 15.1 Å². The van der Waals surface area contributed by atoms with E-state index in [1.54, 1.807) is 11.8 Å². The molecule has 0 radical (unpaired) electrons. The van der Waals surface area contributed by atoms with E-state index in [0.717, 1.165) is 18.3 Å². The second-order valence-electron chi connectivity index (χ2n) is 5.56. The molecule has 0 amide bonds. The minimum absolute atomic E-state index is 0.729. The average molecular weight is 287 g/mol. The van der Waals surface area contributed by atoms with Crippen LogP contribution in [-0.2, 0) is 13.6 Å². The SMILES string of the molecule is Cc1ccc(Sc2c(CNC3CC3)c(C)nn2C)cc1. The van der Waals surface area contributed by atoms with Gasteiger partial charge in [-0.3, -0.25) is 4.68 Å². The maximum Gasteiger partial charge on any atom is 0.103 e. The molecule has 0 atom stereocenters. The lowest BCUT2D eigenvalue weighted by Crippen LogP contribution is -2.16. The monoisotopic (exact) mass is 287 g/mol. The molecular formula is C16H21N3S. The van der Waals surface area contributed by atoms with Crippen molar-refractivity contribution >= 4 is 11.8 Å². The molecular weight excluding hydrogens is 266 g/mol. The van der Waals surface area contributed by atoms with E-state index in [0.29, 0.717) is 0 Å². The Morgan fingerprint density at radius 2 is 1.95 bits per heavy atom. The predicted molar refractivity (Wildman–Crippen MR) is 83.1 cm³/mol. The summed E-state index contributed by atoms with van der Waals surface area (Å²) in [6.07, 6.45) is 2.64. The van der Waals surface area contributed by atoms with E-state index in [1.807, 2.05) is 11.7 Å². The van der Waals surface area contributed by atoms with Crippen LogP contribution < -0.4 is 5.32 Å². The largest absolute Gasteiger partial charge is 0.310 e. The quantitative estimate of drug-likeness (QED) is 0.913. The van der Waals surface area contributed by atoms with Crippen LogP contribution in [0.4, 0.5) is 0 Å².